The first kappa shape index (κ1) is 28.2. The predicted molar refractivity (Wildman–Crippen MR) is 209 cm³/mol. The highest BCUT2D eigenvalue weighted by molar-refractivity contribution is 7.25. The van der Waals surface area contributed by atoms with E-state index < -0.39 is 0 Å². The highest BCUT2D eigenvalue weighted by Gasteiger charge is 2.17. The molecule has 3 heterocycles. The zero-order valence-electron chi connectivity index (χ0n) is 26.2. The molecule has 0 radical (unpaired) electrons. The molecule has 0 saturated heterocycles. The standard InChI is InChI=1S/C44H27N3S2/c1-2-11-28(12-3-1)33-15-4-5-18-38(33)43-45-44(49-46-43)31-13-10-14-32(25-31)47-39-19-8-6-16-34(39)35-23-21-29(26-40(35)47)30-22-24-37-36-17-7-9-20-41(36)48-42(37)27-30/h1-27H. The maximum absolute atomic E-state index is 5.08. The van der Waals surface area contributed by atoms with Gasteiger partial charge >= 0.3 is 0 Å². The molecule has 49 heavy (non-hydrogen) atoms. The quantitative estimate of drug-likeness (QED) is 0.184. The van der Waals surface area contributed by atoms with Gasteiger partial charge in [-0.05, 0) is 70.2 Å². The second-order valence-electron chi connectivity index (χ2n) is 12.3. The Labute approximate surface area is 291 Å². The van der Waals surface area contributed by atoms with Crippen LogP contribution in [0.15, 0.2) is 164 Å². The van der Waals surface area contributed by atoms with Crippen molar-refractivity contribution in [2.24, 2.45) is 0 Å². The lowest BCUT2D eigenvalue weighted by atomic mass is 9.99. The summed E-state index contributed by atoms with van der Waals surface area (Å²) in [6.45, 7) is 0. The predicted octanol–water partition coefficient (Wildman–Crippen LogP) is 12.7. The molecule has 0 unspecified atom stereocenters. The Morgan fingerprint density at radius 3 is 2.00 bits per heavy atom. The van der Waals surface area contributed by atoms with Gasteiger partial charge in [-0.1, -0.05) is 127 Å². The zero-order chi connectivity index (χ0) is 32.3. The van der Waals surface area contributed by atoms with E-state index in [9.17, 15) is 0 Å². The molecule has 0 saturated carbocycles. The first-order chi connectivity index (χ1) is 24.3. The fourth-order valence-corrected chi connectivity index (χ4v) is 8.93. The largest absolute Gasteiger partial charge is 0.309 e. The number of fused-ring (bicyclic) bond motifs is 6. The van der Waals surface area contributed by atoms with E-state index in [0.29, 0.717) is 0 Å². The van der Waals surface area contributed by atoms with Crippen LogP contribution in [0.25, 0.3) is 91.9 Å². The molecule has 10 rings (SSSR count). The molecule has 0 aliphatic carbocycles. The van der Waals surface area contributed by atoms with Gasteiger partial charge in [-0.25, -0.2) is 4.98 Å². The molecule has 0 bridgehead atoms. The van der Waals surface area contributed by atoms with Gasteiger partial charge in [0.05, 0.1) is 11.0 Å². The lowest BCUT2D eigenvalue weighted by Crippen LogP contribution is -1.94. The fraction of sp³-hybridized carbons (Fsp3) is 0. The van der Waals surface area contributed by atoms with Crippen molar-refractivity contribution in [3.63, 3.8) is 0 Å². The Kier molecular flexibility index (Phi) is 6.54. The van der Waals surface area contributed by atoms with E-state index in [1.807, 2.05) is 17.4 Å². The number of nitrogens with zero attached hydrogens (tertiary/aromatic N) is 3. The molecule has 230 valence electrons. The minimum atomic E-state index is 0.752. The second-order valence-corrected chi connectivity index (χ2v) is 14.1. The number of benzene rings is 7. The van der Waals surface area contributed by atoms with Crippen LogP contribution in [0.3, 0.4) is 0 Å². The molecule has 0 fully saturated rings. The average Bonchev–Trinajstić information content (AvgIpc) is 3.89. The lowest BCUT2D eigenvalue weighted by Gasteiger charge is -2.10. The van der Waals surface area contributed by atoms with Crippen molar-refractivity contribution in [1.29, 1.82) is 0 Å². The van der Waals surface area contributed by atoms with Gasteiger partial charge in [0.2, 0.25) is 0 Å². The summed E-state index contributed by atoms with van der Waals surface area (Å²) < 4.78 is 9.88. The number of para-hydroxylation sites is 1. The molecular formula is C44H27N3S2. The van der Waals surface area contributed by atoms with Gasteiger partial charge < -0.3 is 4.57 Å². The summed E-state index contributed by atoms with van der Waals surface area (Å²) in [5.41, 5.74) is 10.3. The summed E-state index contributed by atoms with van der Waals surface area (Å²) in [5.74, 6) is 0.752. The minimum Gasteiger partial charge on any atom is -0.309 e. The Morgan fingerprint density at radius 2 is 1.10 bits per heavy atom. The maximum atomic E-state index is 5.08. The van der Waals surface area contributed by atoms with Crippen molar-refractivity contribution < 1.29 is 0 Å². The van der Waals surface area contributed by atoms with Gasteiger partial charge in [0.1, 0.15) is 5.01 Å². The smallest absolute Gasteiger partial charge is 0.174 e. The summed E-state index contributed by atoms with van der Waals surface area (Å²) in [7, 11) is 0. The van der Waals surface area contributed by atoms with Gasteiger partial charge in [-0.15, -0.1) is 11.3 Å². The first-order valence-corrected chi connectivity index (χ1v) is 17.9. The third-order valence-corrected chi connectivity index (χ3v) is 11.3. The average molecular weight is 662 g/mol. The van der Waals surface area contributed by atoms with Gasteiger partial charge in [-0.2, -0.15) is 4.37 Å². The van der Waals surface area contributed by atoms with Crippen molar-refractivity contribution in [3.8, 4) is 49.9 Å². The van der Waals surface area contributed by atoms with E-state index >= 15 is 0 Å². The van der Waals surface area contributed by atoms with Crippen molar-refractivity contribution in [2.45, 2.75) is 0 Å². The van der Waals surface area contributed by atoms with Crippen molar-refractivity contribution >= 4 is 64.8 Å². The van der Waals surface area contributed by atoms with Crippen LogP contribution in [0.2, 0.25) is 0 Å². The van der Waals surface area contributed by atoms with Crippen LogP contribution in [0.1, 0.15) is 0 Å². The van der Waals surface area contributed by atoms with Crippen molar-refractivity contribution in [2.75, 3.05) is 0 Å². The summed E-state index contributed by atoms with van der Waals surface area (Å²) in [4.78, 5) is 5.08. The van der Waals surface area contributed by atoms with Crippen LogP contribution in [0, 0.1) is 0 Å². The number of hydrogen-bond acceptors (Lipinski definition) is 4. The molecule has 0 spiro atoms. The highest BCUT2D eigenvalue weighted by Crippen LogP contribution is 2.40. The summed E-state index contributed by atoms with van der Waals surface area (Å²) in [6, 6.07) is 58.7. The molecule has 3 nitrogen and oxygen atoms in total. The van der Waals surface area contributed by atoms with Crippen LogP contribution in [0.4, 0.5) is 0 Å². The SMILES string of the molecule is c1ccc(-c2ccccc2-c2nsc(-c3cccc(-n4c5ccccc5c5ccc(-c6ccc7c(c6)sc6ccccc67)cc54)c3)n2)cc1. The highest BCUT2D eigenvalue weighted by atomic mass is 32.1. The first-order valence-electron chi connectivity index (χ1n) is 16.3. The molecule has 0 aliphatic rings. The maximum Gasteiger partial charge on any atom is 0.174 e. The van der Waals surface area contributed by atoms with Crippen LogP contribution in [-0.4, -0.2) is 13.9 Å². The number of hydrogen-bond donors (Lipinski definition) is 0. The molecule has 0 amide bonds. The summed E-state index contributed by atoms with van der Waals surface area (Å²) >= 11 is 3.31. The van der Waals surface area contributed by atoms with Crippen molar-refractivity contribution in [3.05, 3.63) is 164 Å². The van der Waals surface area contributed by atoms with Crippen LogP contribution in [-0.2, 0) is 0 Å². The summed E-state index contributed by atoms with van der Waals surface area (Å²) in [5, 5.41) is 6.03. The molecule has 0 aliphatic heterocycles. The number of rotatable bonds is 5. The molecule has 5 heteroatoms. The van der Waals surface area contributed by atoms with Gasteiger partial charge in [-0.3, -0.25) is 0 Å². The Hall–Kier alpha value is -5.88. The van der Waals surface area contributed by atoms with E-state index in [1.54, 1.807) is 0 Å². The number of thiophene rings is 1. The van der Waals surface area contributed by atoms with Gasteiger partial charge in [0, 0.05) is 47.8 Å². The number of aromatic nitrogens is 3. The molecular weight excluding hydrogens is 635 g/mol. The molecule has 10 aromatic rings. The fourth-order valence-electron chi connectivity index (χ4n) is 7.11. The van der Waals surface area contributed by atoms with E-state index in [2.05, 4.69) is 162 Å². The topological polar surface area (TPSA) is 30.7 Å². The van der Waals surface area contributed by atoms with E-state index in [1.165, 1.54) is 64.6 Å². The lowest BCUT2D eigenvalue weighted by molar-refractivity contribution is 1.18. The Morgan fingerprint density at radius 1 is 0.429 bits per heavy atom. The minimum absolute atomic E-state index is 0.752. The van der Waals surface area contributed by atoms with E-state index in [4.69, 9.17) is 9.36 Å². The van der Waals surface area contributed by atoms with Gasteiger partial charge in [0.15, 0.2) is 5.82 Å². The van der Waals surface area contributed by atoms with Crippen LogP contribution < -0.4 is 0 Å². The molecule has 7 aromatic carbocycles. The summed E-state index contributed by atoms with van der Waals surface area (Å²) in [6.07, 6.45) is 0. The van der Waals surface area contributed by atoms with E-state index in [-0.39, 0.29) is 0 Å². The molecule has 0 atom stereocenters. The second kappa shape index (κ2) is 11.4. The third kappa shape index (κ3) is 4.70. The van der Waals surface area contributed by atoms with Gasteiger partial charge in [0.25, 0.3) is 0 Å². The molecule has 3 aromatic heterocycles. The third-order valence-electron chi connectivity index (χ3n) is 9.42. The molecule has 0 N–H and O–H groups in total. The Bertz CT molecular complexity index is 2840. The normalized spacial score (nSPS) is 11.7. The Balaban J connectivity index is 1.08. The monoisotopic (exact) mass is 661 g/mol. The zero-order valence-corrected chi connectivity index (χ0v) is 27.9. The van der Waals surface area contributed by atoms with Crippen LogP contribution in [0.5, 0.6) is 0 Å². The van der Waals surface area contributed by atoms with Crippen molar-refractivity contribution in [1.82, 2.24) is 13.9 Å². The van der Waals surface area contributed by atoms with E-state index in [0.717, 1.165) is 38.8 Å². The van der Waals surface area contributed by atoms with Crippen LogP contribution >= 0.6 is 22.9 Å².